The minimum absolute atomic E-state index is 0.180. The second-order valence-electron chi connectivity index (χ2n) is 4.03. The molecule has 0 aliphatic heterocycles. The fourth-order valence-electron chi connectivity index (χ4n) is 0.889. The summed E-state index contributed by atoms with van der Waals surface area (Å²) in [5, 5.41) is 8.74. The van der Waals surface area contributed by atoms with Crippen molar-refractivity contribution in [2.45, 2.75) is 32.9 Å². The summed E-state index contributed by atoms with van der Waals surface area (Å²) in [6.07, 6.45) is 0. The molecule has 0 aliphatic carbocycles. The smallest absolute Gasteiger partial charge is 0.326 e. The molecule has 0 aliphatic rings. The Bertz CT molecular complexity index is 241. The zero-order valence-electron chi connectivity index (χ0n) is 10.0. The number of carbonyl (C=O) groups is 2. The summed E-state index contributed by atoms with van der Waals surface area (Å²) < 4.78 is 0. The van der Waals surface area contributed by atoms with Crippen molar-refractivity contribution in [3.63, 3.8) is 0 Å². The van der Waals surface area contributed by atoms with E-state index in [1.165, 1.54) is 18.9 Å². The molecule has 0 bridgehead atoms. The number of carboxylic acid groups (broad SMARTS) is 1. The highest BCUT2D eigenvalue weighted by Gasteiger charge is 2.22. The van der Waals surface area contributed by atoms with Gasteiger partial charge in [-0.25, -0.2) is 4.79 Å². The summed E-state index contributed by atoms with van der Waals surface area (Å²) in [6, 6.07) is -0.513. The van der Waals surface area contributed by atoms with Gasteiger partial charge in [-0.15, -0.1) is 0 Å². The molecule has 5 heteroatoms. The van der Waals surface area contributed by atoms with Gasteiger partial charge < -0.3 is 10.0 Å². The third kappa shape index (κ3) is 4.29. The van der Waals surface area contributed by atoms with Crippen molar-refractivity contribution in [3.8, 4) is 0 Å². The number of likely N-dealkylation sites (N-methyl/N-ethyl adjacent to an activating group) is 2. The molecule has 1 atom stereocenters. The van der Waals surface area contributed by atoms with Crippen molar-refractivity contribution < 1.29 is 14.7 Å². The van der Waals surface area contributed by atoms with Crippen LogP contribution in [-0.4, -0.2) is 59.5 Å². The molecule has 0 rings (SSSR count). The number of rotatable bonds is 5. The maximum absolute atomic E-state index is 11.6. The Labute approximate surface area is 90.7 Å². The molecule has 0 saturated heterocycles. The zero-order chi connectivity index (χ0) is 12.2. The van der Waals surface area contributed by atoms with Crippen LogP contribution in [0.5, 0.6) is 0 Å². The van der Waals surface area contributed by atoms with E-state index in [4.69, 9.17) is 5.11 Å². The van der Waals surface area contributed by atoms with Gasteiger partial charge in [-0.2, -0.15) is 0 Å². The summed E-state index contributed by atoms with van der Waals surface area (Å²) in [5.41, 5.74) is 0. The second-order valence-corrected chi connectivity index (χ2v) is 4.03. The molecule has 0 fully saturated rings. The van der Waals surface area contributed by atoms with Crippen molar-refractivity contribution in [1.82, 2.24) is 9.80 Å². The van der Waals surface area contributed by atoms with E-state index >= 15 is 0 Å². The van der Waals surface area contributed by atoms with Crippen LogP contribution in [0, 0.1) is 0 Å². The van der Waals surface area contributed by atoms with E-state index < -0.39 is 12.0 Å². The average Bonchev–Trinajstić information content (AvgIpc) is 2.14. The molecule has 0 spiro atoms. The Morgan fingerprint density at radius 1 is 1.20 bits per heavy atom. The molecule has 0 aromatic rings. The quantitative estimate of drug-likeness (QED) is 0.716. The van der Waals surface area contributed by atoms with Gasteiger partial charge in [0.25, 0.3) is 0 Å². The summed E-state index contributed by atoms with van der Waals surface area (Å²) in [7, 11) is 3.34. The van der Waals surface area contributed by atoms with Gasteiger partial charge in [0.1, 0.15) is 6.04 Å². The SMILES string of the molecule is CC(C)N(C)CC(=O)N(C)C(C)C(=O)O. The van der Waals surface area contributed by atoms with Gasteiger partial charge in [-0.1, -0.05) is 0 Å². The number of nitrogens with zero attached hydrogens (tertiary/aromatic N) is 2. The minimum Gasteiger partial charge on any atom is -0.480 e. The van der Waals surface area contributed by atoms with Gasteiger partial charge >= 0.3 is 5.97 Å². The summed E-state index contributed by atoms with van der Waals surface area (Å²) in [6.45, 7) is 5.70. The van der Waals surface area contributed by atoms with Crippen LogP contribution in [0.3, 0.4) is 0 Å². The van der Waals surface area contributed by atoms with E-state index in [0.717, 1.165) is 0 Å². The average molecular weight is 216 g/mol. The van der Waals surface area contributed by atoms with Crippen molar-refractivity contribution in [1.29, 1.82) is 0 Å². The maximum Gasteiger partial charge on any atom is 0.326 e. The number of carboxylic acids is 1. The Morgan fingerprint density at radius 3 is 2.00 bits per heavy atom. The number of aliphatic carboxylic acids is 1. The normalized spacial score (nSPS) is 13.0. The van der Waals surface area contributed by atoms with Crippen LogP contribution in [0.2, 0.25) is 0 Å². The van der Waals surface area contributed by atoms with Crippen LogP contribution in [0.4, 0.5) is 0 Å². The molecule has 15 heavy (non-hydrogen) atoms. The van der Waals surface area contributed by atoms with Crippen LogP contribution in [0.25, 0.3) is 0 Å². The first kappa shape index (κ1) is 13.9. The molecule has 1 amide bonds. The molecule has 0 radical (unpaired) electrons. The Kier molecular flexibility index (Phi) is 5.28. The van der Waals surface area contributed by atoms with E-state index in [1.54, 1.807) is 0 Å². The lowest BCUT2D eigenvalue weighted by atomic mass is 10.3. The van der Waals surface area contributed by atoms with Crippen LogP contribution >= 0.6 is 0 Å². The largest absolute Gasteiger partial charge is 0.480 e. The zero-order valence-corrected chi connectivity index (χ0v) is 10.0. The number of amides is 1. The van der Waals surface area contributed by atoms with E-state index in [2.05, 4.69) is 0 Å². The minimum atomic E-state index is -0.988. The lowest BCUT2D eigenvalue weighted by molar-refractivity contribution is -0.148. The number of carbonyl (C=O) groups excluding carboxylic acids is 1. The fourth-order valence-corrected chi connectivity index (χ4v) is 0.889. The first-order valence-electron chi connectivity index (χ1n) is 4.96. The van der Waals surface area contributed by atoms with E-state index in [9.17, 15) is 9.59 Å². The molecule has 0 saturated carbocycles. The topological polar surface area (TPSA) is 60.9 Å². The van der Waals surface area contributed by atoms with Gasteiger partial charge in [-0.3, -0.25) is 9.69 Å². The van der Waals surface area contributed by atoms with Crippen molar-refractivity contribution in [2.24, 2.45) is 0 Å². The van der Waals surface area contributed by atoms with Crippen LogP contribution in [-0.2, 0) is 9.59 Å². The maximum atomic E-state index is 11.6. The Hall–Kier alpha value is -1.10. The van der Waals surface area contributed by atoms with Crippen LogP contribution in [0.1, 0.15) is 20.8 Å². The summed E-state index contributed by atoms with van der Waals surface area (Å²) in [4.78, 5) is 25.4. The van der Waals surface area contributed by atoms with Crippen molar-refractivity contribution in [3.05, 3.63) is 0 Å². The van der Waals surface area contributed by atoms with Crippen LogP contribution < -0.4 is 0 Å². The van der Waals surface area contributed by atoms with E-state index in [1.807, 2.05) is 25.8 Å². The Balaban J connectivity index is 4.27. The van der Waals surface area contributed by atoms with Crippen molar-refractivity contribution >= 4 is 11.9 Å². The fraction of sp³-hybridized carbons (Fsp3) is 0.800. The molecule has 1 N–H and O–H groups in total. The third-order valence-electron chi connectivity index (χ3n) is 2.60. The highest BCUT2D eigenvalue weighted by atomic mass is 16.4. The third-order valence-corrected chi connectivity index (χ3v) is 2.60. The van der Waals surface area contributed by atoms with Gasteiger partial charge in [-0.05, 0) is 27.8 Å². The Morgan fingerprint density at radius 2 is 1.67 bits per heavy atom. The van der Waals surface area contributed by atoms with Gasteiger partial charge in [0.05, 0.1) is 6.54 Å². The van der Waals surface area contributed by atoms with E-state index in [0.29, 0.717) is 0 Å². The molecule has 0 aromatic carbocycles. The highest BCUT2D eigenvalue weighted by Crippen LogP contribution is 2.00. The molecule has 88 valence electrons. The monoisotopic (exact) mass is 216 g/mol. The summed E-state index contributed by atoms with van der Waals surface area (Å²) >= 11 is 0. The first-order valence-corrected chi connectivity index (χ1v) is 4.96. The van der Waals surface area contributed by atoms with Crippen molar-refractivity contribution in [2.75, 3.05) is 20.6 Å². The standard InChI is InChI=1S/C10H20N2O3/c1-7(2)11(4)6-9(13)12(5)8(3)10(14)15/h7-8H,6H2,1-5H3,(H,14,15). The first-order chi connectivity index (χ1) is 6.77. The van der Waals surface area contributed by atoms with Gasteiger partial charge in [0.15, 0.2) is 0 Å². The molecule has 1 unspecified atom stereocenters. The number of hydrogen-bond donors (Lipinski definition) is 1. The molecule has 0 aromatic heterocycles. The summed E-state index contributed by atoms with van der Waals surface area (Å²) in [5.74, 6) is -1.17. The molecular weight excluding hydrogens is 196 g/mol. The van der Waals surface area contributed by atoms with Crippen LogP contribution in [0.15, 0.2) is 0 Å². The second kappa shape index (κ2) is 5.70. The highest BCUT2D eigenvalue weighted by molar-refractivity contribution is 5.84. The lowest BCUT2D eigenvalue weighted by Crippen LogP contribution is -2.45. The lowest BCUT2D eigenvalue weighted by Gasteiger charge is -2.26. The molecular formula is C10H20N2O3. The predicted octanol–water partition coefficient (Wildman–Crippen LogP) is 0.258. The molecule has 5 nitrogen and oxygen atoms in total. The predicted molar refractivity (Wildman–Crippen MR) is 57.6 cm³/mol. The van der Waals surface area contributed by atoms with Gasteiger partial charge in [0, 0.05) is 13.1 Å². The molecule has 0 heterocycles. The number of hydrogen-bond acceptors (Lipinski definition) is 3. The van der Waals surface area contributed by atoms with E-state index in [-0.39, 0.29) is 18.5 Å². The van der Waals surface area contributed by atoms with Gasteiger partial charge in [0.2, 0.25) is 5.91 Å².